The van der Waals surface area contributed by atoms with Gasteiger partial charge < -0.3 is 17.7 Å². The molecule has 0 unspecified atom stereocenters. The Balaban J connectivity index is 1.94. The van der Waals surface area contributed by atoms with E-state index in [4.69, 9.17) is 17.7 Å². The average Bonchev–Trinajstić information content (AvgIpc) is 2.69. The molecule has 134 valence electrons. The van der Waals surface area contributed by atoms with Crippen molar-refractivity contribution < 1.29 is 17.7 Å². The van der Waals surface area contributed by atoms with Crippen LogP contribution in [0.3, 0.4) is 0 Å². The topological polar surface area (TPSA) is 36.9 Å². The third kappa shape index (κ3) is 5.11. The molecule has 0 aromatic heterocycles. The summed E-state index contributed by atoms with van der Waals surface area (Å²) in [6.45, 7) is 2.51. The first-order valence-corrected chi connectivity index (χ1v) is 10.3. The zero-order valence-electron chi connectivity index (χ0n) is 14.7. The van der Waals surface area contributed by atoms with Gasteiger partial charge in [-0.25, -0.2) is 0 Å². The molecule has 4 nitrogen and oxygen atoms in total. The van der Waals surface area contributed by atoms with Gasteiger partial charge in [0.1, 0.15) is 17.2 Å². The lowest BCUT2D eigenvalue weighted by Crippen LogP contribution is -2.58. The summed E-state index contributed by atoms with van der Waals surface area (Å²) in [5.74, 6) is 1.92. The minimum Gasteiger partial charge on any atom is -0.462 e. The molecule has 0 atom stereocenters. The van der Waals surface area contributed by atoms with Crippen LogP contribution in [0.1, 0.15) is 13.3 Å². The van der Waals surface area contributed by atoms with E-state index in [2.05, 4.69) is 0 Å². The Kier molecular flexibility index (Phi) is 6.30. The van der Waals surface area contributed by atoms with Crippen LogP contribution in [-0.4, -0.2) is 15.7 Å². The lowest BCUT2D eigenvalue weighted by atomic mass is 10.3. The van der Waals surface area contributed by atoms with E-state index < -0.39 is 9.05 Å². The molecule has 0 spiro atoms. The Bertz CT molecular complexity index is 664. The van der Waals surface area contributed by atoms with Crippen LogP contribution in [0.4, 0.5) is 0 Å². The first-order chi connectivity index (χ1) is 12.8. The Morgan fingerprint density at radius 1 is 0.577 bits per heavy atom. The maximum atomic E-state index is 6.18. The lowest BCUT2D eigenvalue weighted by molar-refractivity contribution is 0.0912. The van der Waals surface area contributed by atoms with Crippen molar-refractivity contribution in [2.45, 2.75) is 13.3 Å². The van der Waals surface area contributed by atoms with E-state index >= 15 is 0 Å². The fourth-order valence-corrected chi connectivity index (χ4v) is 4.31. The van der Waals surface area contributed by atoms with Crippen molar-refractivity contribution in [3.05, 3.63) is 91.0 Å². The minimum absolute atomic E-state index is 0.471. The van der Waals surface area contributed by atoms with E-state index in [9.17, 15) is 0 Å². The largest absolute Gasteiger partial charge is 0.893 e. The molecular weight excluding hydrogens is 344 g/mol. The number of hydrogen-bond acceptors (Lipinski definition) is 4. The molecule has 0 bridgehead atoms. The summed E-state index contributed by atoms with van der Waals surface area (Å²) < 4.78 is 24.6. The van der Waals surface area contributed by atoms with Crippen molar-refractivity contribution in [2.24, 2.45) is 0 Å². The monoisotopic (exact) mass is 366 g/mol. The molecule has 0 saturated carbocycles. The zero-order chi connectivity index (χ0) is 18.1. The highest BCUT2D eigenvalue weighted by molar-refractivity contribution is 6.56. The summed E-state index contributed by atoms with van der Waals surface area (Å²) in [5, 5.41) is 0. The first kappa shape index (κ1) is 18.0. The molecule has 5 heteroatoms. The van der Waals surface area contributed by atoms with Gasteiger partial charge in [0.15, 0.2) is 0 Å². The molecule has 0 heterocycles. The minimum atomic E-state index is -3.54. The molecule has 0 aliphatic heterocycles. The van der Waals surface area contributed by atoms with Crippen LogP contribution in [0.2, 0.25) is 0 Å². The van der Waals surface area contributed by atoms with Gasteiger partial charge in [-0.15, -0.1) is 0 Å². The van der Waals surface area contributed by atoms with Gasteiger partial charge in [-0.2, -0.15) is 0 Å². The predicted molar refractivity (Wildman–Crippen MR) is 103 cm³/mol. The first-order valence-electron chi connectivity index (χ1n) is 8.66. The summed E-state index contributed by atoms with van der Waals surface area (Å²) >= 11 is 0. The van der Waals surface area contributed by atoms with E-state index in [0.717, 1.165) is 6.42 Å². The van der Waals surface area contributed by atoms with Gasteiger partial charge in [0.25, 0.3) is 0 Å². The maximum absolute atomic E-state index is 6.18. The number of rotatable bonds is 9. The Morgan fingerprint density at radius 3 is 1.23 bits per heavy atom. The van der Waals surface area contributed by atoms with Crippen LogP contribution in [0.25, 0.3) is 0 Å². The standard InChI is InChI=1S/C21H22O4Si/c1-2-18-22-26(23-19-12-6-3-7-13-19,24-20-14-8-4-9-15-20)25-21-16-10-5-11-17-21/h3-17H,2,18H2,1H3. The fourth-order valence-electron chi connectivity index (χ4n) is 2.28. The highest BCUT2D eigenvalue weighted by Crippen LogP contribution is 2.24. The van der Waals surface area contributed by atoms with Crippen LogP contribution < -0.4 is 13.3 Å². The van der Waals surface area contributed by atoms with Crippen molar-refractivity contribution in [3.63, 3.8) is 0 Å². The van der Waals surface area contributed by atoms with Gasteiger partial charge in [0.2, 0.25) is 0 Å². The van der Waals surface area contributed by atoms with Crippen LogP contribution >= 0.6 is 0 Å². The summed E-state index contributed by atoms with van der Waals surface area (Å²) in [4.78, 5) is 0. The number of benzene rings is 3. The fraction of sp³-hybridized carbons (Fsp3) is 0.143. The number of para-hydroxylation sites is 3. The van der Waals surface area contributed by atoms with Gasteiger partial charge in [0.05, 0.1) is 0 Å². The summed E-state index contributed by atoms with van der Waals surface area (Å²) in [5.41, 5.74) is 0. The quantitative estimate of drug-likeness (QED) is 0.495. The molecular formula is C21H22O4Si. The van der Waals surface area contributed by atoms with E-state index in [1.807, 2.05) is 97.9 Å². The maximum Gasteiger partial charge on any atom is 0.893 e. The van der Waals surface area contributed by atoms with Gasteiger partial charge in [-0.3, -0.25) is 0 Å². The molecule has 0 N–H and O–H groups in total. The van der Waals surface area contributed by atoms with Crippen LogP contribution in [0.15, 0.2) is 91.0 Å². The van der Waals surface area contributed by atoms with Crippen molar-refractivity contribution >= 4 is 9.05 Å². The Morgan fingerprint density at radius 2 is 0.923 bits per heavy atom. The number of hydrogen-bond donors (Lipinski definition) is 0. The lowest BCUT2D eigenvalue weighted by Gasteiger charge is -2.28. The van der Waals surface area contributed by atoms with E-state index in [0.29, 0.717) is 23.9 Å². The van der Waals surface area contributed by atoms with Gasteiger partial charge in [-0.1, -0.05) is 61.5 Å². The molecule has 0 radical (unpaired) electrons. The Labute approximate surface area is 155 Å². The van der Waals surface area contributed by atoms with Crippen molar-refractivity contribution in [2.75, 3.05) is 6.61 Å². The van der Waals surface area contributed by atoms with Crippen molar-refractivity contribution in [3.8, 4) is 17.2 Å². The second-order valence-electron chi connectivity index (χ2n) is 5.59. The highest BCUT2D eigenvalue weighted by atomic mass is 28.4. The van der Waals surface area contributed by atoms with Crippen molar-refractivity contribution in [1.82, 2.24) is 0 Å². The molecule has 0 aliphatic carbocycles. The highest BCUT2D eigenvalue weighted by Gasteiger charge is 2.54. The van der Waals surface area contributed by atoms with Gasteiger partial charge >= 0.3 is 9.05 Å². The summed E-state index contributed by atoms with van der Waals surface area (Å²) in [6.07, 6.45) is 0.823. The van der Waals surface area contributed by atoms with Crippen LogP contribution in [0.5, 0.6) is 17.2 Å². The zero-order valence-corrected chi connectivity index (χ0v) is 15.7. The Hall–Kier alpha value is -2.76. The third-order valence-electron chi connectivity index (χ3n) is 3.44. The van der Waals surface area contributed by atoms with Gasteiger partial charge in [0, 0.05) is 6.61 Å². The summed E-state index contributed by atoms with van der Waals surface area (Å²) in [6, 6.07) is 28.4. The van der Waals surface area contributed by atoms with Crippen LogP contribution in [-0.2, 0) is 4.43 Å². The smallest absolute Gasteiger partial charge is 0.462 e. The second kappa shape index (κ2) is 9.08. The molecule has 26 heavy (non-hydrogen) atoms. The molecule has 0 saturated heterocycles. The molecule has 0 fully saturated rings. The van der Waals surface area contributed by atoms with Gasteiger partial charge in [-0.05, 0) is 42.8 Å². The molecule has 0 amide bonds. The molecule has 3 aromatic rings. The van der Waals surface area contributed by atoms with Crippen molar-refractivity contribution in [1.29, 1.82) is 0 Å². The molecule has 0 aliphatic rings. The second-order valence-corrected chi connectivity index (χ2v) is 7.49. The third-order valence-corrected chi connectivity index (χ3v) is 5.46. The average molecular weight is 366 g/mol. The molecule has 3 rings (SSSR count). The summed E-state index contributed by atoms with van der Waals surface area (Å²) in [7, 11) is -3.54. The predicted octanol–water partition coefficient (Wildman–Crippen LogP) is 5.09. The van der Waals surface area contributed by atoms with Crippen LogP contribution in [0, 0.1) is 0 Å². The normalized spacial score (nSPS) is 11.0. The van der Waals surface area contributed by atoms with E-state index in [1.54, 1.807) is 0 Å². The van der Waals surface area contributed by atoms with E-state index in [-0.39, 0.29) is 0 Å². The molecule has 3 aromatic carbocycles. The SMILES string of the molecule is CCCO[Si](Oc1ccccc1)(Oc1ccccc1)Oc1ccccc1. The van der Waals surface area contributed by atoms with E-state index in [1.165, 1.54) is 0 Å².